The van der Waals surface area contributed by atoms with E-state index in [1.54, 1.807) is 18.2 Å². The standard InChI is InChI=1S/C16H10FNO4/c17-10-2-4-13-11(6-10)16(19)18-12(7-20-13)9-1-3-14-15(5-9)22-8-21-14/h1-7H,8H2,(H,18,19). The van der Waals surface area contributed by atoms with Crippen LogP contribution < -0.4 is 19.5 Å². The van der Waals surface area contributed by atoms with E-state index in [-0.39, 0.29) is 12.4 Å². The summed E-state index contributed by atoms with van der Waals surface area (Å²) in [6, 6.07) is 9.08. The molecule has 2 heterocycles. The lowest BCUT2D eigenvalue weighted by Gasteiger charge is -2.07. The molecule has 1 amide bonds. The highest BCUT2D eigenvalue weighted by Gasteiger charge is 2.21. The summed E-state index contributed by atoms with van der Waals surface area (Å²) in [4.78, 5) is 12.2. The number of nitrogens with one attached hydrogen (secondary N) is 1. The molecule has 6 heteroatoms. The maximum absolute atomic E-state index is 13.3. The van der Waals surface area contributed by atoms with Gasteiger partial charge in [0.15, 0.2) is 11.5 Å². The molecule has 0 atom stereocenters. The van der Waals surface area contributed by atoms with Gasteiger partial charge < -0.3 is 19.5 Å². The Morgan fingerprint density at radius 1 is 1.00 bits per heavy atom. The second-order valence-electron chi connectivity index (χ2n) is 4.81. The maximum Gasteiger partial charge on any atom is 0.259 e. The molecule has 5 nitrogen and oxygen atoms in total. The van der Waals surface area contributed by atoms with Crippen molar-refractivity contribution in [3.63, 3.8) is 0 Å². The highest BCUT2D eigenvalue weighted by molar-refractivity contribution is 6.02. The summed E-state index contributed by atoms with van der Waals surface area (Å²) in [6.07, 6.45) is 1.42. The van der Waals surface area contributed by atoms with Crippen molar-refractivity contribution in [2.75, 3.05) is 6.79 Å². The fraction of sp³-hybridized carbons (Fsp3) is 0.0625. The molecule has 0 aliphatic carbocycles. The van der Waals surface area contributed by atoms with Crippen LogP contribution in [0.1, 0.15) is 15.9 Å². The van der Waals surface area contributed by atoms with Gasteiger partial charge >= 0.3 is 0 Å². The van der Waals surface area contributed by atoms with Crippen LogP contribution in [0.4, 0.5) is 4.39 Å². The Balaban J connectivity index is 1.70. The third kappa shape index (κ3) is 2.05. The summed E-state index contributed by atoms with van der Waals surface area (Å²) in [5.41, 5.74) is 1.30. The van der Waals surface area contributed by atoms with Crippen LogP contribution >= 0.6 is 0 Å². The lowest BCUT2D eigenvalue weighted by molar-refractivity contribution is 0.0973. The van der Waals surface area contributed by atoms with Crippen molar-refractivity contribution >= 4 is 11.6 Å². The lowest BCUT2D eigenvalue weighted by atomic mass is 10.1. The van der Waals surface area contributed by atoms with Gasteiger partial charge in [0.1, 0.15) is 17.8 Å². The summed E-state index contributed by atoms with van der Waals surface area (Å²) in [7, 11) is 0. The van der Waals surface area contributed by atoms with Gasteiger partial charge in [0, 0.05) is 5.56 Å². The van der Waals surface area contributed by atoms with Gasteiger partial charge in [-0.05, 0) is 36.4 Å². The highest BCUT2D eigenvalue weighted by atomic mass is 19.1. The zero-order valence-corrected chi connectivity index (χ0v) is 11.3. The first-order valence-electron chi connectivity index (χ1n) is 6.58. The Kier molecular flexibility index (Phi) is 2.75. The van der Waals surface area contributed by atoms with Crippen LogP contribution in [0.3, 0.4) is 0 Å². The topological polar surface area (TPSA) is 56.8 Å². The predicted molar refractivity (Wildman–Crippen MR) is 75.0 cm³/mol. The second-order valence-corrected chi connectivity index (χ2v) is 4.81. The smallest absolute Gasteiger partial charge is 0.259 e. The molecule has 2 aliphatic heterocycles. The molecule has 4 rings (SSSR count). The number of fused-ring (bicyclic) bond motifs is 2. The molecular weight excluding hydrogens is 289 g/mol. The largest absolute Gasteiger partial charge is 0.462 e. The molecule has 2 aromatic carbocycles. The minimum atomic E-state index is -0.496. The molecular formula is C16H10FNO4. The Hall–Kier alpha value is -3.02. The van der Waals surface area contributed by atoms with E-state index in [9.17, 15) is 9.18 Å². The number of hydrogen-bond donors (Lipinski definition) is 1. The summed E-state index contributed by atoms with van der Waals surface area (Å²) in [5.74, 6) is 0.616. The van der Waals surface area contributed by atoms with Crippen molar-refractivity contribution < 1.29 is 23.4 Å². The summed E-state index contributed by atoms with van der Waals surface area (Å²) >= 11 is 0. The van der Waals surface area contributed by atoms with E-state index in [0.29, 0.717) is 28.5 Å². The predicted octanol–water partition coefficient (Wildman–Crippen LogP) is 2.68. The molecule has 2 aliphatic rings. The summed E-state index contributed by atoms with van der Waals surface area (Å²) in [5, 5.41) is 2.70. The van der Waals surface area contributed by atoms with Crippen LogP contribution in [0.2, 0.25) is 0 Å². The third-order valence-electron chi connectivity index (χ3n) is 3.42. The first-order chi connectivity index (χ1) is 10.7. The van der Waals surface area contributed by atoms with E-state index >= 15 is 0 Å². The van der Waals surface area contributed by atoms with E-state index in [4.69, 9.17) is 14.2 Å². The SMILES string of the molecule is O=C1NC(c2ccc3c(c2)OCO3)=COc2ccc(F)cc21. The van der Waals surface area contributed by atoms with Crippen molar-refractivity contribution in [3.8, 4) is 17.2 Å². The maximum atomic E-state index is 13.3. The monoisotopic (exact) mass is 299 g/mol. The van der Waals surface area contributed by atoms with E-state index in [1.165, 1.54) is 18.4 Å². The van der Waals surface area contributed by atoms with E-state index < -0.39 is 11.7 Å². The van der Waals surface area contributed by atoms with E-state index in [1.807, 2.05) is 0 Å². The van der Waals surface area contributed by atoms with Gasteiger partial charge in [-0.2, -0.15) is 0 Å². The number of amides is 1. The molecule has 2 aromatic rings. The molecule has 0 saturated heterocycles. The number of hydrogen-bond acceptors (Lipinski definition) is 4. The summed E-state index contributed by atoms with van der Waals surface area (Å²) in [6.45, 7) is 0.172. The average molecular weight is 299 g/mol. The Bertz CT molecular complexity index is 816. The van der Waals surface area contributed by atoms with Crippen molar-refractivity contribution in [1.29, 1.82) is 0 Å². The Labute approximate surface area is 124 Å². The van der Waals surface area contributed by atoms with Gasteiger partial charge in [-0.25, -0.2) is 4.39 Å². The van der Waals surface area contributed by atoms with Crippen LogP contribution in [0.25, 0.3) is 5.70 Å². The van der Waals surface area contributed by atoms with Gasteiger partial charge in [-0.1, -0.05) is 0 Å². The van der Waals surface area contributed by atoms with Crippen LogP contribution in [0.5, 0.6) is 17.2 Å². The van der Waals surface area contributed by atoms with Crippen LogP contribution in [0.15, 0.2) is 42.7 Å². The number of carbonyl (C=O) groups is 1. The molecule has 0 radical (unpaired) electrons. The zero-order chi connectivity index (χ0) is 15.1. The minimum absolute atomic E-state index is 0.145. The zero-order valence-electron chi connectivity index (χ0n) is 11.3. The number of ether oxygens (including phenoxy) is 3. The second kappa shape index (κ2) is 4.77. The van der Waals surface area contributed by atoms with Crippen LogP contribution in [0, 0.1) is 5.82 Å². The normalized spacial score (nSPS) is 15.3. The lowest BCUT2D eigenvalue weighted by Crippen LogP contribution is -2.20. The van der Waals surface area contributed by atoms with Crippen molar-refractivity contribution in [2.24, 2.45) is 0 Å². The fourth-order valence-electron chi connectivity index (χ4n) is 2.33. The average Bonchev–Trinajstić information content (AvgIpc) is 2.93. The van der Waals surface area contributed by atoms with Crippen LogP contribution in [-0.2, 0) is 0 Å². The van der Waals surface area contributed by atoms with Crippen molar-refractivity contribution in [1.82, 2.24) is 5.32 Å². The molecule has 0 fully saturated rings. The quantitative estimate of drug-likeness (QED) is 0.879. The van der Waals surface area contributed by atoms with Crippen molar-refractivity contribution in [3.05, 3.63) is 59.6 Å². The Morgan fingerprint density at radius 2 is 1.82 bits per heavy atom. The molecule has 22 heavy (non-hydrogen) atoms. The summed E-state index contributed by atoms with van der Waals surface area (Å²) < 4.78 is 29.3. The third-order valence-corrected chi connectivity index (χ3v) is 3.42. The van der Waals surface area contributed by atoms with Gasteiger partial charge in [0.05, 0.1) is 11.3 Å². The van der Waals surface area contributed by atoms with E-state index in [2.05, 4.69) is 5.32 Å². The first-order valence-corrected chi connectivity index (χ1v) is 6.58. The molecule has 0 saturated carbocycles. The van der Waals surface area contributed by atoms with Gasteiger partial charge in [-0.3, -0.25) is 4.79 Å². The highest BCUT2D eigenvalue weighted by Crippen LogP contribution is 2.34. The van der Waals surface area contributed by atoms with Crippen LogP contribution in [-0.4, -0.2) is 12.7 Å². The van der Waals surface area contributed by atoms with Gasteiger partial charge in [0.2, 0.25) is 6.79 Å². The Morgan fingerprint density at radius 3 is 2.73 bits per heavy atom. The number of rotatable bonds is 1. The van der Waals surface area contributed by atoms with Gasteiger partial charge in [0.25, 0.3) is 5.91 Å². The minimum Gasteiger partial charge on any atom is -0.462 e. The number of halogens is 1. The molecule has 1 N–H and O–H groups in total. The molecule has 110 valence electrons. The van der Waals surface area contributed by atoms with E-state index in [0.717, 1.165) is 6.07 Å². The molecule has 0 bridgehead atoms. The fourth-order valence-corrected chi connectivity index (χ4v) is 2.33. The number of benzene rings is 2. The molecule has 0 unspecified atom stereocenters. The van der Waals surface area contributed by atoms with Gasteiger partial charge in [-0.15, -0.1) is 0 Å². The number of carbonyl (C=O) groups excluding carboxylic acids is 1. The first kappa shape index (κ1) is 12.7. The van der Waals surface area contributed by atoms with Crippen molar-refractivity contribution in [2.45, 2.75) is 0 Å². The molecule has 0 aromatic heterocycles. The molecule has 0 spiro atoms.